The van der Waals surface area contributed by atoms with E-state index >= 15 is 0 Å². The van der Waals surface area contributed by atoms with Crippen LogP contribution in [-0.2, 0) is 4.79 Å². The van der Waals surface area contributed by atoms with E-state index in [1.165, 1.54) is 36.6 Å². The maximum Gasteiger partial charge on any atom is 0.345 e. The summed E-state index contributed by atoms with van der Waals surface area (Å²) in [5, 5.41) is 7.33. The zero-order chi connectivity index (χ0) is 34.8. The van der Waals surface area contributed by atoms with Crippen molar-refractivity contribution in [3.63, 3.8) is 0 Å². The summed E-state index contributed by atoms with van der Waals surface area (Å²) in [5.41, 5.74) is 5.79. The van der Waals surface area contributed by atoms with Crippen LogP contribution in [0.4, 0.5) is 5.69 Å². The Morgan fingerprint density at radius 3 is 2.10 bits per heavy atom. The summed E-state index contributed by atoms with van der Waals surface area (Å²) in [4.78, 5) is 50.6. The van der Waals surface area contributed by atoms with Crippen molar-refractivity contribution in [2.75, 3.05) is 5.32 Å². The first kappa shape index (κ1) is 34.3. The van der Waals surface area contributed by atoms with E-state index in [-0.39, 0.29) is 28.0 Å². The monoisotopic (exact) mass is 691 g/mol. The fourth-order valence-corrected chi connectivity index (χ4v) is 4.91. The lowest BCUT2D eigenvalue weighted by atomic mass is 10.1. The highest BCUT2D eigenvalue weighted by atomic mass is 35.5. The van der Waals surface area contributed by atoms with Crippen molar-refractivity contribution in [1.29, 1.82) is 0 Å². The molecule has 2 amide bonds. The Balaban J connectivity index is 1.17. The lowest BCUT2D eigenvalue weighted by molar-refractivity contribution is -0.128. The Labute approximate surface area is 291 Å². The van der Waals surface area contributed by atoms with Gasteiger partial charge in [0.25, 0.3) is 11.8 Å². The van der Waals surface area contributed by atoms with Crippen LogP contribution in [0.2, 0.25) is 10.0 Å². The highest BCUT2D eigenvalue weighted by Crippen LogP contribution is 2.25. The number of rotatable bonds is 10. The Morgan fingerprint density at radius 1 is 0.694 bits per heavy atom. The van der Waals surface area contributed by atoms with Gasteiger partial charge in [-0.3, -0.25) is 9.59 Å². The summed E-state index contributed by atoms with van der Waals surface area (Å²) in [7, 11) is 0. The number of ether oxygens (including phenoxy) is 2. The number of nitrogens with zero attached hydrogens (tertiary/aromatic N) is 1. The molecule has 0 aliphatic heterocycles. The number of hydrogen-bond acceptors (Lipinski definition) is 7. The molecule has 0 heterocycles. The van der Waals surface area contributed by atoms with Crippen LogP contribution in [-0.4, -0.2) is 30.0 Å². The number of para-hydroxylation sites is 2. The molecule has 49 heavy (non-hydrogen) atoms. The van der Waals surface area contributed by atoms with Crippen LogP contribution in [0, 0.1) is 6.92 Å². The van der Waals surface area contributed by atoms with Crippen LogP contribution in [0.25, 0.3) is 6.08 Å². The van der Waals surface area contributed by atoms with Crippen molar-refractivity contribution < 1.29 is 28.7 Å². The van der Waals surface area contributed by atoms with Gasteiger partial charge in [-0.2, -0.15) is 5.10 Å². The Morgan fingerprint density at radius 2 is 1.39 bits per heavy atom. The topological polar surface area (TPSA) is 123 Å². The van der Waals surface area contributed by atoms with Crippen molar-refractivity contribution in [1.82, 2.24) is 5.43 Å². The van der Waals surface area contributed by atoms with Crippen molar-refractivity contribution in [3.8, 4) is 11.5 Å². The number of hydrogen-bond donors (Lipinski definition) is 2. The molecule has 0 bridgehead atoms. The van der Waals surface area contributed by atoms with Crippen LogP contribution in [0.5, 0.6) is 11.5 Å². The maximum absolute atomic E-state index is 12.7. The Kier molecular flexibility index (Phi) is 11.3. The summed E-state index contributed by atoms with van der Waals surface area (Å²) in [6.45, 7) is 1.91. The second-order valence-corrected chi connectivity index (χ2v) is 11.3. The first-order chi connectivity index (χ1) is 23.7. The summed E-state index contributed by atoms with van der Waals surface area (Å²) in [6.07, 6.45) is 3.98. The van der Waals surface area contributed by atoms with E-state index in [0.29, 0.717) is 33.0 Å². The molecule has 0 unspecified atom stereocenters. The number of aryl methyl sites for hydroxylation is 1. The number of anilines is 1. The minimum absolute atomic E-state index is 0.135. The van der Waals surface area contributed by atoms with Gasteiger partial charge in [-0.1, -0.05) is 71.2 Å². The molecular weight excluding hydrogens is 665 g/mol. The second-order valence-electron chi connectivity index (χ2n) is 10.4. The maximum atomic E-state index is 12.7. The van der Waals surface area contributed by atoms with Crippen molar-refractivity contribution in [3.05, 3.63) is 165 Å². The van der Waals surface area contributed by atoms with E-state index in [1.54, 1.807) is 84.9 Å². The molecule has 0 aliphatic carbocycles. The van der Waals surface area contributed by atoms with Gasteiger partial charge in [0.05, 0.1) is 16.8 Å². The first-order valence-corrected chi connectivity index (χ1v) is 15.5. The van der Waals surface area contributed by atoms with E-state index in [2.05, 4.69) is 15.8 Å². The lowest BCUT2D eigenvalue weighted by Crippen LogP contribution is -2.18. The fraction of sp³-hybridized carbons (Fsp3) is 0.0263. The number of amides is 2. The van der Waals surface area contributed by atoms with Gasteiger partial charge < -0.3 is 14.8 Å². The minimum atomic E-state index is -0.707. The fourth-order valence-electron chi connectivity index (χ4n) is 4.42. The van der Waals surface area contributed by atoms with Crippen LogP contribution in [0.15, 0.2) is 126 Å². The molecule has 5 aromatic rings. The van der Waals surface area contributed by atoms with Gasteiger partial charge >= 0.3 is 11.9 Å². The number of carbonyl (C=O) groups excluding carboxylic acids is 4. The van der Waals surface area contributed by atoms with Gasteiger partial charge in [-0.25, -0.2) is 15.0 Å². The summed E-state index contributed by atoms with van der Waals surface area (Å²) in [6, 6.07) is 31.3. The SMILES string of the molecule is Cc1cccc(C(=O)Nc2ccc(C(=O)N/N=C/c3ccccc3OC(=O)/C=C/c3ccccc3OC(=O)c3ccc(Cl)cc3Cl)cc2)c1. The van der Waals surface area contributed by atoms with Crippen LogP contribution < -0.4 is 20.2 Å². The standard InChI is InChI=1S/C38H27Cl2N3O6/c1-24-7-6-10-27(21-24)36(45)42-30-17-13-26(14-18-30)37(46)43-41-23-28-9-3-5-12-34(28)48-35(44)20-15-25-8-2-4-11-33(25)49-38(47)31-19-16-29(39)22-32(31)40/h2-23H,1H3,(H,42,45)(H,43,46)/b20-15+,41-23+. The number of carbonyl (C=O) groups is 4. The largest absolute Gasteiger partial charge is 0.423 e. The van der Waals surface area contributed by atoms with Crippen molar-refractivity contribution in [2.24, 2.45) is 5.10 Å². The second kappa shape index (κ2) is 16.2. The van der Waals surface area contributed by atoms with Crippen LogP contribution >= 0.6 is 23.2 Å². The van der Waals surface area contributed by atoms with E-state index < -0.39 is 17.8 Å². The molecule has 0 fully saturated rings. The van der Waals surface area contributed by atoms with Crippen molar-refractivity contribution in [2.45, 2.75) is 6.92 Å². The lowest BCUT2D eigenvalue weighted by Gasteiger charge is -2.09. The molecule has 5 aromatic carbocycles. The van der Waals surface area contributed by atoms with Crippen LogP contribution in [0.1, 0.15) is 47.8 Å². The predicted molar refractivity (Wildman–Crippen MR) is 190 cm³/mol. The number of benzene rings is 5. The quantitative estimate of drug-likeness (QED) is 0.0501. The zero-order valence-electron chi connectivity index (χ0n) is 25.9. The molecule has 5 rings (SSSR count). The number of nitrogens with one attached hydrogen (secondary N) is 2. The average Bonchev–Trinajstić information content (AvgIpc) is 3.09. The number of esters is 2. The summed E-state index contributed by atoms with van der Waals surface area (Å²) in [5.74, 6) is -1.74. The van der Waals surface area contributed by atoms with Crippen LogP contribution in [0.3, 0.4) is 0 Å². The first-order valence-electron chi connectivity index (χ1n) is 14.7. The smallest absolute Gasteiger partial charge is 0.345 e. The molecule has 0 atom stereocenters. The molecule has 244 valence electrons. The zero-order valence-corrected chi connectivity index (χ0v) is 27.4. The molecule has 11 heteroatoms. The van der Waals surface area contributed by atoms with Gasteiger partial charge in [-0.15, -0.1) is 0 Å². The minimum Gasteiger partial charge on any atom is -0.423 e. The number of hydrazone groups is 1. The van der Waals surface area contributed by atoms with Gasteiger partial charge in [0.2, 0.25) is 0 Å². The van der Waals surface area contributed by atoms with Gasteiger partial charge in [-0.05, 0) is 85.8 Å². The molecule has 2 N–H and O–H groups in total. The molecule has 0 radical (unpaired) electrons. The Bertz CT molecular complexity index is 2090. The summed E-state index contributed by atoms with van der Waals surface area (Å²) < 4.78 is 11.0. The molecular formula is C38H27Cl2N3O6. The van der Waals surface area contributed by atoms with Gasteiger partial charge in [0.1, 0.15) is 11.5 Å². The predicted octanol–water partition coefficient (Wildman–Crippen LogP) is 8.16. The van der Waals surface area contributed by atoms with Gasteiger partial charge in [0.15, 0.2) is 0 Å². The molecule has 0 aliphatic rings. The summed E-state index contributed by atoms with van der Waals surface area (Å²) >= 11 is 12.1. The average molecular weight is 693 g/mol. The number of halogens is 2. The van der Waals surface area contributed by atoms with E-state index in [4.69, 9.17) is 32.7 Å². The third-order valence-electron chi connectivity index (χ3n) is 6.86. The Hall–Kier alpha value is -6.03. The molecule has 0 saturated carbocycles. The third-order valence-corrected chi connectivity index (χ3v) is 7.40. The van der Waals surface area contributed by atoms with Gasteiger partial charge in [0, 0.05) is 39.0 Å². The molecule has 0 spiro atoms. The molecule has 9 nitrogen and oxygen atoms in total. The molecule has 0 aromatic heterocycles. The van der Waals surface area contributed by atoms with Crippen molar-refractivity contribution >= 4 is 64.9 Å². The highest BCUT2D eigenvalue weighted by molar-refractivity contribution is 6.36. The highest BCUT2D eigenvalue weighted by Gasteiger charge is 2.15. The van der Waals surface area contributed by atoms with E-state index in [9.17, 15) is 19.2 Å². The van der Waals surface area contributed by atoms with E-state index in [0.717, 1.165) is 5.56 Å². The molecule has 0 saturated heterocycles. The normalized spacial score (nSPS) is 10.9. The van der Waals surface area contributed by atoms with E-state index in [1.807, 2.05) is 19.1 Å². The third kappa shape index (κ3) is 9.51.